The van der Waals surface area contributed by atoms with Crippen LogP contribution in [0.5, 0.6) is 0 Å². The van der Waals surface area contributed by atoms with Gasteiger partial charge in [-0.15, -0.1) is 5.10 Å². The van der Waals surface area contributed by atoms with E-state index >= 15 is 0 Å². The van der Waals surface area contributed by atoms with Crippen LogP contribution in [0.25, 0.3) is 21.5 Å². The maximum Gasteiger partial charge on any atom is 0.270 e. The Labute approximate surface area is 177 Å². The summed E-state index contributed by atoms with van der Waals surface area (Å²) < 4.78 is 6.19. The van der Waals surface area contributed by atoms with Gasteiger partial charge in [-0.1, -0.05) is 54.6 Å². The number of nitro benzene ring substituents is 1. The molecule has 0 saturated heterocycles. The van der Waals surface area contributed by atoms with Crippen molar-refractivity contribution in [3.05, 3.63) is 100 Å². The zero-order valence-electron chi connectivity index (χ0n) is 16.6. The summed E-state index contributed by atoms with van der Waals surface area (Å²) in [6, 6.07) is 23.9. The lowest BCUT2D eigenvalue weighted by Gasteiger charge is -2.22. The zero-order chi connectivity index (χ0) is 21.5. The lowest BCUT2D eigenvalue weighted by molar-refractivity contribution is -0.384. The molecule has 1 atom stereocenters. The molecule has 7 heteroatoms. The van der Waals surface area contributed by atoms with E-state index in [1.807, 2.05) is 48.5 Å². The number of carbonyl (C=O) groups excluding carboxylic acids is 1. The smallest absolute Gasteiger partial charge is 0.270 e. The fraction of sp³-hybridized carbons (Fsp3) is 0.0833. The Hall–Kier alpha value is -4.26. The second-order valence-electron chi connectivity index (χ2n) is 7.28. The molecular formula is C24H17N3O4. The number of hydrogen-bond donors (Lipinski definition) is 0. The SMILES string of the molecule is CC(=O)N1N=C(c2cccc([N+](=O)[O-])c2)OC1c1c2ccccc2cc2ccccc12. The topological polar surface area (TPSA) is 85.0 Å². The number of non-ortho nitro benzene ring substituents is 1. The molecule has 1 heterocycles. The van der Waals surface area contributed by atoms with Crippen molar-refractivity contribution >= 4 is 39.0 Å². The predicted octanol–water partition coefficient (Wildman–Crippen LogP) is 5.14. The maximum atomic E-state index is 12.5. The van der Waals surface area contributed by atoms with E-state index in [9.17, 15) is 14.9 Å². The molecule has 0 aromatic heterocycles. The molecule has 5 rings (SSSR count). The Morgan fingerprint density at radius 2 is 1.61 bits per heavy atom. The van der Waals surface area contributed by atoms with E-state index in [-0.39, 0.29) is 17.5 Å². The minimum atomic E-state index is -0.789. The van der Waals surface area contributed by atoms with Crippen molar-refractivity contribution in [1.82, 2.24) is 5.01 Å². The Bertz CT molecular complexity index is 1340. The highest BCUT2D eigenvalue weighted by molar-refractivity contribution is 6.04. The largest absolute Gasteiger partial charge is 0.446 e. The van der Waals surface area contributed by atoms with Gasteiger partial charge < -0.3 is 4.74 Å². The quantitative estimate of drug-likeness (QED) is 0.265. The number of amides is 1. The summed E-state index contributed by atoms with van der Waals surface area (Å²) in [6.45, 7) is 1.42. The van der Waals surface area contributed by atoms with Gasteiger partial charge in [0.1, 0.15) is 0 Å². The normalized spacial score (nSPS) is 15.7. The molecule has 0 radical (unpaired) electrons. The van der Waals surface area contributed by atoms with Crippen molar-refractivity contribution in [3.63, 3.8) is 0 Å². The van der Waals surface area contributed by atoms with Gasteiger partial charge in [-0.25, -0.2) is 0 Å². The molecule has 4 aromatic carbocycles. The minimum absolute atomic E-state index is 0.0720. The second-order valence-corrected chi connectivity index (χ2v) is 7.28. The van der Waals surface area contributed by atoms with Crippen LogP contribution in [0, 0.1) is 10.1 Å². The van der Waals surface area contributed by atoms with Crippen LogP contribution in [0.1, 0.15) is 24.3 Å². The molecular weight excluding hydrogens is 394 g/mol. The van der Waals surface area contributed by atoms with Gasteiger partial charge in [0.05, 0.1) is 4.92 Å². The van der Waals surface area contributed by atoms with Gasteiger partial charge in [0.25, 0.3) is 5.69 Å². The first-order valence-electron chi connectivity index (χ1n) is 9.73. The Balaban J connectivity index is 1.69. The van der Waals surface area contributed by atoms with Crippen LogP contribution in [0.3, 0.4) is 0 Å². The van der Waals surface area contributed by atoms with Crippen LogP contribution in [0.2, 0.25) is 0 Å². The summed E-state index contributed by atoms with van der Waals surface area (Å²) in [5.74, 6) is -0.122. The summed E-state index contributed by atoms with van der Waals surface area (Å²) in [7, 11) is 0. The number of benzene rings is 4. The number of ether oxygens (including phenoxy) is 1. The highest BCUT2D eigenvalue weighted by Crippen LogP contribution is 2.39. The highest BCUT2D eigenvalue weighted by atomic mass is 16.6. The lowest BCUT2D eigenvalue weighted by Crippen LogP contribution is -2.25. The molecule has 1 amide bonds. The van der Waals surface area contributed by atoms with Gasteiger partial charge in [-0.3, -0.25) is 14.9 Å². The third-order valence-electron chi connectivity index (χ3n) is 5.33. The van der Waals surface area contributed by atoms with Crippen LogP contribution < -0.4 is 0 Å². The molecule has 0 aliphatic carbocycles. The van der Waals surface area contributed by atoms with E-state index in [0.29, 0.717) is 5.56 Å². The number of carbonyl (C=O) groups is 1. The molecule has 0 bridgehead atoms. The molecule has 31 heavy (non-hydrogen) atoms. The van der Waals surface area contributed by atoms with E-state index in [1.54, 1.807) is 12.1 Å². The van der Waals surface area contributed by atoms with Gasteiger partial charge in [0.15, 0.2) is 0 Å². The first-order chi connectivity index (χ1) is 15.0. The molecule has 1 unspecified atom stereocenters. The monoisotopic (exact) mass is 411 g/mol. The number of nitro groups is 1. The second kappa shape index (κ2) is 7.21. The summed E-state index contributed by atoms with van der Waals surface area (Å²) in [6.07, 6.45) is -0.789. The zero-order valence-corrected chi connectivity index (χ0v) is 16.6. The average Bonchev–Trinajstić information content (AvgIpc) is 3.23. The Morgan fingerprint density at radius 3 is 2.23 bits per heavy atom. The Morgan fingerprint density at radius 1 is 0.968 bits per heavy atom. The van der Waals surface area contributed by atoms with E-state index < -0.39 is 11.2 Å². The minimum Gasteiger partial charge on any atom is -0.446 e. The van der Waals surface area contributed by atoms with E-state index in [0.717, 1.165) is 27.1 Å². The van der Waals surface area contributed by atoms with Crippen LogP contribution in [0.4, 0.5) is 5.69 Å². The molecule has 152 valence electrons. The van der Waals surface area contributed by atoms with Gasteiger partial charge in [0.2, 0.25) is 18.0 Å². The fourth-order valence-electron chi connectivity index (χ4n) is 3.94. The summed E-state index contributed by atoms with van der Waals surface area (Å²) in [4.78, 5) is 23.2. The maximum absolute atomic E-state index is 12.5. The molecule has 1 aliphatic heterocycles. The van der Waals surface area contributed by atoms with Crippen LogP contribution in [-0.4, -0.2) is 21.7 Å². The van der Waals surface area contributed by atoms with Gasteiger partial charge in [-0.05, 0) is 33.7 Å². The van der Waals surface area contributed by atoms with E-state index in [2.05, 4.69) is 11.2 Å². The number of nitrogens with zero attached hydrogens (tertiary/aromatic N) is 3. The third-order valence-corrected chi connectivity index (χ3v) is 5.33. The lowest BCUT2D eigenvalue weighted by atomic mass is 9.95. The predicted molar refractivity (Wildman–Crippen MR) is 117 cm³/mol. The van der Waals surface area contributed by atoms with Crippen molar-refractivity contribution < 1.29 is 14.5 Å². The van der Waals surface area contributed by atoms with Crippen molar-refractivity contribution in [2.24, 2.45) is 5.10 Å². The van der Waals surface area contributed by atoms with Crippen LogP contribution in [0.15, 0.2) is 84.0 Å². The van der Waals surface area contributed by atoms with Crippen molar-refractivity contribution in [3.8, 4) is 0 Å². The number of rotatable bonds is 3. The van der Waals surface area contributed by atoms with Crippen LogP contribution in [-0.2, 0) is 9.53 Å². The first-order valence-corrected chi connectivity index (χ1v) is 9.73. The van der Waals surface area contributed by atoms with E-state index in [4.69, 9.17) is 4.74 Å². The van der Waals surface area contributed by atoms with Crippen molar-refractivity contribution in [2.75, 3.05) is 0 Å². The summed E-state index contributed by atoms with van der Waals surface area (Å²) in [5.41, 5.74) is 1.19. The van der Waals surface area contributed by atoms with E-state index in [1.165, 1.54) is 24.1 Å². The van der Waals surface area contributed by atoms with Gasteiger partial charge >= 0.3 is 0 Å². The molecule has 0 spiro atoms. The summed E-state index contributed by atoms with van der Waals surface area (Å²) in [5, 5.41) is 20.8. The van der Waals surface area contributed by atoms with Gasteiger partial charge in [0, 0.05) is 30.2 Å². The van der Waals surface area contributed by atoms with Crippen molar-refractivity contribution in [2.45, 2.75) is 13.2 Å². The third kappa shape index (κ3) is 3.16. The molecule has 0 N–H and O–H groups in total. The number of hydrogen-bond acceptors (Lipinski definition) is 5. The molecule has 4 aromatic rings. The highest BCUT2D eigenvalue weighted by Gasteiger charge is 2.35. The Kier molecular flexibility index (Phi) is 4.36. The molecule has 7 nitrogen and oxygen atoms in total. The average molecular weight is 411 g/mol. The standard InChI is InChI=1S/C24H17N3O4/c1-15(28)26-24(31-23(25-26)18-9-6-10-19(14-18)27(29)30)22-20-11-4-2-7-16(20)13-17-8-3-5-12-21(17)22/h2-14,24H,1H3. The molecule has 0 fully saturated rings. The van der Waals surface area contributed by atoms with Gasteiger partial charge in [-0.2, -0.15) is 5.01 Å². The molecule has 0 saturated carbocycles. The van der Waals surface area contributed by atoms with Crippen molar-refractivity contribution in [1.29, 1.82) is 0 Å². The molecule has 1 aliphatic rings. The van der Waals surface area contributed by atoms with Crippen LogP contribution >= 0.6 is 0 Å². The fourth-order valence-corrected chi connectivity index (χ4v) is 3.94. The number of hydrazone groups is 1. The number of fused-ring (bicyclic) bond motifs is 2. The summed E-state index contributed by atoms with van der Waals surface area (Å²) >= 11 is 0. The first kappa shape index (κ1) is 18.7.